The van der Waals surface area contributed by atoms with Gasteiger partial charge in [0.2, 0.25) is 5.89 Å². The van der Waals surface area contributed by atoms with Crippen molar-refractivity contribution in [3.05, 3.63) is 18.2 Å². The lowest BCUT2D eigenvalue weighted by Gasteiger charge is -2.27. The number of anilines is 1. The summed E-state index contributed by atoms with van der Waals surface area (Å²) in [7, 11) is 3.84. The van der Waals surface area contributed by atoms with Gasteiger partial charge >= 0.3 is 0 Å². The first-order valence-corrected chi connectivity index (χ1v) is 7.29. The van der Waals surface area contributed by atoms with Gasteiger partial charge in [0.15, 0.2) is 0 Å². The van der Waals surface area contributed by atoms with Crippen LogP contribution in [0.1, 0.15) is 37.6 Å². The summed E-state index contributed by atoms with van der Waals surface area (Å²) in [5.74, 6) is 1.38. The minimum Gasteiger partial charge on any atom is -0.497 e. The minimum atomic E-state index is 0.241. The summed E-state index contributed by atoms with van der Waals surface area (Å²) in [4.78, 5) is 8.76. The van der Waals surface area contributed by atoms with E-state index in [4.69, 9.17) is 9.26 Å². The Bertz CT molecular complexity index is 471. The Hall–Kier alpha value is -1.56. The molecule has 0 unspecified atom stereocenters. The highest BCUT2D eigenvalue weighted by Gasteiger charge is 2.32. The monoisotopic (exact) mass is 278 g/mol. The predicted molar refractivity (Wildman–Crippen MR) is 75.4 cm³/mol. The normalized spacial score (nSPS) is 26.7. The van der Waals surface area contributed by atoms with Crippen LogP contribution in [-0.4, -0.2) is 48.3 Å². The SMILES string of the molecule is CN(C)c1noc([C@H]2CCCN2C[C@H]2CCC=CO2)n1. The molecule has 6 nitrogen and oxygen atoms in total. The van der Waals surface area contributed by atoms with Crippen LogP contribution in [0.25, 0.3) is 0 Å². The van der Waals surface area contributed by atoms with Crippen molar-refractivity contribution in [1.29, 1.82) is 0 Å². The van der Waals surface area contributed by atoms with Gasteiger partial charge in [-0.1, -0.05) is 0 Å². The maximum atomic E-state index is 5.67. The van der Waals surface area contributed by atoms with E-state index in [9.17, 15) is 0 Å². The fourth-order valence-electron chi connectivity index (χ4n) is 2.85. The fraction of sp³-hybridized carbons (Fsp3) is 0.714. The van der Waals surface area contributed by atoms with Gasteiger partial charge in [0.05, 0.1) is 12.3 Å². The molecule has 0 saturated carbocycles. The fourth-order valence-corrected chi connectivity index (χ4v) is 2.85. The van der Waals surface area contributed by atoms with Crippen LogP contribution < -0.4 is 4.90 Å². The second-order valence-corrected chi connectivity index (χ2v) is 5.69. The number of allylic oxidation sites excluding steroid dienone is 1. The molecule has 0 radical (unpaired) electrons. The van der Waals surface area contributed by atoms with E-state index in [1.165, 1.54) is 6.42 Å². The molecule has 0 N–H and O–H groups in total. The van der Waals surface area contributed by atoms with E-state index < -0.39 is 0 Å². The molecule has 1 fully saturated rings. The second-order valence-electron chi connectivity index (χ2n) is 5.69. The molecule has 0 aromatic carbocycles. The van der Waals surface area contributed by atoms with E-state index in [1.54, 1.807) is 0 Å². The Morgan fingerprint density at radius 3 is 3.00 bits per heavy atom. The third-order valence-corrected chi connectivity index (χ3v) is 3.94. The molecule has 0 aliphatic carbocycles. The van der Waals surface area contributed by atoms with Gasteiger partial charge in [0.25, 0.3) is 5.95 Å². The van der Waals surface area contributed by atoms with Crippen LogP contribution in [0.2, 0.25) is 0 Å². The van der Waals surface area contributed by atoms with Crippen molar-refractivity contribution < 1.29 is 9.26 Å². The molecule has 1 aromatic heterocycles. The van der Waals surface area contributed by atoms with Crippen molar-refractivity contribution >= 4 is 5.95 Å². The maximum absolute atomic E-state index is 5.67. The molecular weight excluding hydrogens is 256 g/mol. The highest BCUT2D eigenvalue weighted by molar-refractivity contribution is 5.24. The number of nitrogens with zero attached hydrogens (tertiary/aromatic N) is 4. The van der Waals surface area contributed by atoms with Gasteiger partial charge in [-0.05, 0) is 43.5 Å². The Morgan fingerprint density at radius 1 is 1.40 bits per heavy atom. The average Bonchev–Trinajstić information content (AvgIpc) is 3.08. The lowest BCUT2D eigenvalue weighted by molar-refractivity contribution is 0.0681. The summed E-state index contributed by atoms with van der Waals surface area (Å²) in [5.41, 5.74) is 0. The molecule has 110 valence electrons. The second kappa shape index (κ2) is 5.83. The van der Waals surface area contributed by atoms with Crippen LogP contribution in [0.4, 0.5) is 5.95 Å². The Balaban J connectivity index is 1.66. The van der Waals surface area contributed by atoms with Crippen LogP contribution in [-0.2, 0) is 4.74 Å². The topological polar surface area (TPSA) is 54.6 Å². The molecule has 2 atom stereocenters. The Labute approximate surface area is 119 Å². The van der Waals surface area contributed by atoms with Crippen LogP contribution in [0.3, 0.4) is 0 Å². The van der Waals surface area contributed by atoms with E-state index in [1.807, 2.05) is 25.3 Å². The molecule has 1 aromatic rings. The quantitative estimate of drug-likeness (QED) is 0.839. The highest BCUT2D eigenvalue weighted by atomic mass is 16.5. The molecule has 20 heavy (non-hydrogen) atoms. The van der Waals surface area contributed by atoms with Gasteiger partial charge in [0.1, 0.15) is 6.10 Å². The van der Waals surface area contributed by atoms with Crippen molar-refractivity contribution in [3.63, 3.8) is 0 Å². The molecule has 0 bridgehead atoms. The summed E-state index contributed by atoms with van der Waals surface area (Å²) in [6.07, 6.45) is 8.65. The number of ether oxygens (including phenoxy) is 1. The smallest absolute Gasteiger partial charge is 0.265 e. The minimum absolute atomic E-state index is 0.241. The predicted octanol–water partition coefficient (Wildman–Crippen LogP) is 1.97. The number of likely N-dealkylation sites (tertiary alicyclic amines) is 1. The Kier molecular flexibility index (Phi) is 3.91. The zero-order valence-electron chi connectivity index (χ0n) is 12.2. The largest absolute Gasteiger partial charge is 0.497 e. The first-order valence-electron chi connectivity index (χ1n) is 7.29. The van der Waals surface area contributed by atoms with Crippen LogP contribution in [0.15, 0.2) is 16.9 Å². The average molecular weight is 278 g/mol. The van der Waals surface area contributed by atoms with E-state index in [-0.39, 0.29) is 12.1 Å². The van der Waals surface area contributed by atoms with Gasteiger partial charge in [-0.3, -0.25) is 4.90 Å². The zero-order valence-corrected chi connectivity index (χ0v) is 12.2. The van der Waals surface area contributed by atoms with Crippen molar-refractivity contribution in [2.75, 3.05) is 32.1 Å². The van der Waals surface area contributed by atoms with Gasteiger partial charge in [-0.2, -0.15) is 4.98 Å². The van der Waals surface area contributed by atoms with Crippen molar-refractivity contribution in [2.45, 2.75) is 37.8 Å². The molecule has 0 spiro atoms. The summed E-state index contributed by atoms with van der Waals surface area (Å²) in [5, 5.41) is 4.01. The van der Waals surface area contributed by atoms with Crippen LogP contribution in [0, 0.1) is 0 Å². The third kappa shape index (κ3) is 2.80. The molecule has 6 heteroatoms. The van der Waals surface area contributed by atoms with Crippen LogP contribution >= 0.6 is 0 Å². The molecular formula is C14H22N4O2. The van der Waals surface area contributed by atoms with E-state index in [0.717, 1.165) is 38.2 Å². The maximum Gasteiger partial charge on any atom is 0.265 e. The molecule has 0 amide bonds. The summed E-state index contributed by atoms with van der Waals surface area (Å²) >= 11 is 0. The summed E-state index contributed by atoms with van der Waals surface area (Å²) in [6.45, 7) is 2.02. The summed E-state index contributed by atoms with van der Waals surface area (Å²) < 4.78 is 11.1. The Morgan fingerprint density at radius 2 is 2.30 bits per heavy atom. The number of hydrogen-bond donors (Lipinski definition) is 0. The molecule has 2 aliphatic heterocycles. The standard InChI is InChI=1S/C14H22N4O2/c1-17(2)14-15-13(20-16-14)12-7-5-8-18(12)10-11-6-3-4-9-19-11/h4,9,11-12H,3,5-8,10H2,1-2H3/t11-,12-/m1/s1. The van der Waals surface area contributed by atoms with Crippen LogP contribution in [0.5, 0.6) is 0 Å². The third-order valence-electron chi connectivity index (χ3n) is 3.94. The van der Waals surface area contributed by atoms with E-state index in [0.29, 0.717) is 5.95 Å². The number of rotatable bonds is 4. The van der Waals surface area contributed by atoms with Crippen molar-refractivity contribution in [3.8, 4) is 0 Å². The highest BCUT2D eigenvalue weighted by Crippen LogP contribution is 2.32. The van der Waals surface area contributed by atoms with Crippen molar-refractivity contribution in [2.24, 2.45) is 0 Å². The van der Waals surface area contributed by atoms with Crippen molar-refractivity contribution in [1.82, 2.24) is 15.0 Å². The lowest BCUT2D eigenvalue weighted by atomic mass is 10.1. The van der Waals surface area contributed by atoms with Gasteiger partial charge in [0, 0.05) is 20.6 Å². The number of aromatic nitrogens is 2. The number of hydrogen-bond acceptors (Lipinski definition) is 6. The van der Waals surface area contributed by atoms with Gasteiger partial charge in [-0.15, -0.1) is 0 Å². The van der Waals surface area contributed by atoms with E-state index in [2.05, 4.69) is 21.1 Å². The first kappa shape index (κ1) is 13.4. The molecule has 2 aliphatic rings. The molecule has 3 heterocycles. The van der Waals surface area contributed by atoms with E-state index >= 15 is 0 Å². The summed E-state index contributed by atoms with van der Waals surface area (Å²) in [6, 6.07) is 0.241. The first-order chi connectivity index (χ1) is 9.74. The zero-order chi connectivity index (χ0) is 13.9. The molecule has 3 rings (SSSR count). The van der Waals surface area contributed by atoms with Gasteiger partial charge in [-0.25, -0.2) is 0 Å². The van der Waals surface area contributed by atoms with Gasteiger partial charge < -0.3 is 14.2 Å². The molecule has 1 saturated heterocycles. The lowest BCUT2D eigenvalue weighted by Crippen LogP contribution is -2.33.